The molecule has 1 aliphatic heterocycles. The minimum absolute atomic E-state index is 0.0593. The number of halogens is 3. The van der Waals surface area contributed by atoms with E-state index in [-0.39, 0.29) is 12.2 Å². The highest BCUT2D eigenvalue weighted by Crippen LogP contribution is 2.37. The van der Waals surface area contributed by atoms with Crippen LogP contribution in [-0.2, 0) is 16.8 Å². The van der Waals surface area contributed by atoms with E-state index in [1.54, 1.807) is 47.1 Å². The Morgan fingerprint density at radius 3 is 2.35 bits per heavy atom. The summed E-state index contributed by atoms with van der Waals surface area (Å²) in [5.41, 5.74) is 5.16. The zero-order chi connectivity index (χ0) is 32.3. The maximum atomic E-state index is 13.8. The van der Waals surface area contributed by atoms with Crippen molar-refractivity contribution in [1.82, 2.24) is 28.9 Å². The zero-order valence-corrected chi connectivity index (χ0v) is 28.1. The molecule has 14 heteroatoms. The lowest BCUT2D eigenvalue weighted by Gasteiger charge is -2.26. The van der Waals surface area contributed by atoms with Gasteiger partial charge in [-0.1, -0.05) is 53.1 Å². The number of thiophene rings is 1. The molecule has 0 spiro atoms. The Bertz CT molecular complexity index is 2040. The van der Waals surface area contributed by atoms with Gasteiger partial charge in [0, 0.05) is 53.2 Å². The van der Waals surface area contributed by atoms with Crippen molar-refractivity contribution < 1.29 is 13.2 Å². The molecule has 5 aromatic rings. The highest BCUT2D eigenvalue weighted by molar-refractivity contribution is 7.87. The number of aromatic nitrogens is 3. The summed E-state index contributed by atoms with van der Waals surface area (Å²) in [7, 11) is -3.97. The Morgan fingerprint density at radius 2 is 1.63 bits per heavy atom. The van der Waals surface area contributed by atoms with Gasteiger partial charge in [0.25, 0.3) is 5.91 Å². The van der Waals surface area contributed by atoms with Crippen LogP contribution in [-0.4, -0.2) is 46.2 Å². The fourth-order valence-electron chi connectivity index (χ4n) is 5.00. The van der Waals surface area contributed by atoms with Crippen molar-refractivity contribution >= 4 is 62.3 Å². The smallest absolute Gasteiger partial charge is 0.283 e. The summed E-state index contributed by atoms with van der Waals surface area (Å²) < 4.78 is 31.6. The predicted octanol–water partition coefficient (Wildman–Crippen LogP) is 6.78. The molecule has 2 N–H and O–H groups in total. The van der Waals surface area contributed by atoms with Gasteiger partial charge in [0.1, 0.15) is 0 Å². The van der Waals surface area contributed by atoms with Crippen LogP contribution < -0.4 is 10.1 Å². The number of rotatable bonds is 8. The molecule has 0 bridgehead atoms. The van der Waals surface area contributed by atoms with Crippen molar-refractivity contribution in [2.45, 2.75) is 25.8 Å². The molecule has 1 aliphatic rings. The molecular weight excluding hydrogens is 687 g/mol. The van der Waals surface area contributed by atoms with Gasteiger partial charge in [0.15, 0.2) is 5.69 Å². The van der Waals surface area contributed by atoms with Crippen LogP contribution in [0.1, 0.15) is 45.8 Å². The molecule has 1 fully saturated rings. The third kappa shape index (κ3) is 7.35. The number of benzene rings is 2. The maximum Gasteiger partial charge on any atom is 0.305 e. The summed E-state index contributed by atoms with van der Waals surface area (Å²) in [6.07, 6.45) is 5.86. The number of nitrogens with zero attached hydrogens (tertiary/aromatic N) is 4. The second-order valence-corrected chi connectivity index (χ2v) is 14.5. The molecule has 0 unspecified atom stereocenters. The lowest BCUT2D eigenvalue weighted by Crippen LogP contribution is -2.45. The average Bonchev–Trinajstić information content (AvgIpc) is 3.81. The van der Waals surface area contributed by atoms with E-state index in [0.717, 1.165) is 33.7 Å². The molecular formula is C32H27Cl3N6O3S2. The number of piperidine rings is 1. The first-order chi connectivity index (χ1) is 22.2. The summed E-state index contributed by atoms with van der Waals surface area (Å²) in [6.45, 7) is 1.18. The maximum absolute atomic E-state index is 13.8. The number of carbonyl (C=O) groups is 1. The van der Waals surface area contributed by atoms with Crippen LogP contribution in [0.2, 0.25) is 15.1 Å². The van der Waals surface area contributed by atoms with E-state index >= 15 is 0 Å². The van der Waals surface area contributed by atoms with E-state index in [1.165, 1.54) is 23.7 Å². The summed E-state index contributed by atoms with van der Waals surface area (Å²) in [5, 5.41) is 7.98. The van der Waals surface area contributed by atoms with Gasteiger partial charge >= 0.3 is 10.2 Å². The molecule has 1 amide bonds. The summed E-state index contributed by atoms with van der Waals surface area (Å²) >= 11 is 20.3. The SMILES string of the molecule is O=C(NN1CCCCC1)c1nn(-c2ccc(Cl)cc2Cl)c(-c2ccc(C#Cc3ccc(Cl)cc3)s2)c1CNS(=O)(=O)n1cccc1. The number of nitrogens with one attached hydrogen (secondary N) is 2. The molecule has 6 rings (SSSR count). The average molecular weight is 714 g/mol. The summed E-state index contributed by atoms with van der Waals surface area (Å²) in [4.78, 5) is 15.3. The molecule has 0 aliphatic carbocycles. The minimum Gasteiger partial charge on any atom is -0.283 e. The number of hydrogen-bond donors (Lipinski definition) is 2. The van der Waals surface area contributed by atoms with Crippen molar-refractivity contribution in [3.63, 3.8) is 0 Å². The van der Waals surface area contributed by atoms with Gasteiger partial charge in [-0.05, 0) is 79.6 Å². The van der Waals surface area contributed by atoms with E-state index in [2.05, 4.69) is 22.0 Å². The van der Waals surface area contributed by atoms with Crippen LogP contribution in [0.25, 0.3) is 16.3 Å². The van der Waals surface area contributed by atoms with Crippen LogP contribution in [0.4, 0.5) is 0 Å². The molecule has 2 aromatic carbocycles. The Hall–Kier alpha value is -3.60. The Kier molecular flexibility index (Phi) is 9.86. The highest BCUT2D eigenvalue weighted by atomic mass is 35.5. The quantitative estimate of drug-likeness (QED) is 0.173. The van der Waals surface area contributed by atoms with E-state index in [4.69, 9.17) is 39.9 Å². The van der Waals surface area contributed by atoms with Gasteiger partial charge in [-0.15, -0.1) is 11.3 Å². The molecule has 46 heavy (non-hydrogen) atoms. The molecule has 0 saturated carbocycles. The second-order valence-electron chi connectivity index (χ2n) is 10.4. The fourth-order valence-corrected chi connectivity index (χ4v) is 7.47. The number of carbonyl (C=O) groups excluding carboxylic acids is 1. The van der Waals surface area contributed by atoms with E-state index in [1.807, 2.05) is 29.3 Å². The van der Waals surface area contributed by atoms with Crippen LogP contribution in [0.3, 0.4) is 0 Å². The van der Waals surface area contributed by atoms with Gasteiger partial charge < -0.3 is 0 Å². The first-order valence-electron chi connectivity index (χ1n) is 14.3. The first-order valence-corrected chi connectivity index (χ1v) is 17.7. The number of amides is 1. The van der Waals surface area contributed by atoms with Gasteiger partial charge in [-0.2, -0.15) is 18.2 Å². The Morgan fingerprint density at radius 1 is 0.913 bits per heavy atom. The standard InChI is InChI=1S/C32H27Cl3N6O3S2/c33-23-9-6-22(7-10-23)8-12-25-13-15-29(45-25)31-26(21-36-46(43,44)40-18-4-5-19-40)30(32(42)38-39-16-2-1-3-17-39)37-41(31)28-14-11-24(34)20-27(28)35/h4-7,9-11,13-15,18-20,36H,1-3,16-17,21H2,(H,38,42). The third-order valence-electron chi connectivity index (χ3n) is 7.25. The zero-order valence-electron chi connectivity index (χ0n) is 24.2. The predicted molar refractivity (Wildman–Crippen MR) is 183 cm³/mol. The fraction of sp³-hybridized carbons (Fsp3) is 0.188. The molecule has 4 heterocycles. The van der Waals surface area contributed by atoms with Crippen molar-refractivity contribution in [1.29, 1.82) is 0 Å². The topological polar surface area (TPSA) is 101 Å². The van der Waals surface area contributed by atoms with Crippen molar-refractivity contribution in [3.05, 3.63) is 116 Å². The second kappa shape index (κ2) is 14.0. The normalized spacial score (nSPS) is 13.7. The van der Waals surface area contributed by atoms with Gasteiger partial charge in [0.05, 0.1) is 26.2 Å². The van der Waals surface area contributed by atoms with Crippen LogP contribution in [0, 0.1) is 11.8 Å². The van der Waals surface area contributed by atoms with Crippen molar-refractivity contribution in [3.8, 4) is 28.1 Å². The lowest BCUT2D eigenvalue weighted by molar-refractivity contribution is 0.0743. The molecule has 1 saturated heterocycles. The minimum atomic E-state index is -3.97. The van der Waals surface area contributed by atoms with Crippen LogP contribution >= 0.6 is 46.1 Å². The van der Waals surface area contributed by atoms with E-state index in [0.29, 0.717) is 50.0 Å². The number of hydrogen-bond acceptors (Lipinski definition) is 6. The van der Waals surface area contributed by atoms with Crippen LogP contribution in [0.15, 0.2) is 79.1 Å². The molecule has 9 nitrogen and oxygen atoms in total. The molecule has 0 radical (unpaired) electrons. The first kappa shape index (κ1) is 32.3. The van der Waals surface area contributed by atoms with E-state index in [9.17, 15) is 13.2 Å². The third-order valence-corrected chi connectivity index (χ3v) is 10.4. The van der Waals surface area contributed by atoms with Gasteiger partial charge in [-0.3, -0.25) is 10.2 Å². The largest absolute Gasteiger partial charge is 0.305 e. The summed E-state index contributed by atoms with van der Waals surface area (Å²) in [5.74, 6) is 5.86. The molecule has 236 valence electrons. The van der Waals surface area contributed by atoms with E-state index < -0.39 is 16.1 Å². The Labute approximate surface area is 285 Å². The van der Waals surface area contributed by atoms with Crippen LogP contribution in [0.5, 0.6) is 0 Å². The highest BCUT2D eigenvalue weighted by Gasteiger charge is 2.29. The van der Waals surface area contributed by atoms with Gasteiger partial charge in [0.2, 0.25) is 0 Å². The number of hydrazine groups is 1. The summed E-state index contributed by atoms with van der Waals surface area (Å²) in [6, 6.07) is 19.1. The molecule has 3 aromatic heterocycles. The molecule has 0 atom stereocenters. The Balaban J connectivity index is 1.47. The van der Waals surface area contributed by atoms with Crippen molar-refractivity contribution in [2.24, 2.45) is 0 Å². The van der Waals surface area contributed by atoms with Gasteiger partial charge in [-0.25, -0.2) is 13.7 Å². The lowest BCUT2D eigenvalue weighted by atomic mass is 10.1. The monoisotopic (exact) mass is 712 g/mol. The van der Waals surface area contributed by atoms with Crippen molar-refractivity contribution in [2.75, 3.05) is 13.1 Å².